The van der Waals surface area contributed by atoms with Crippen LogP contribution >= 0.6 is 7.75 Å². The number of hydrogen-bond donors (Lipinski definition) is 1. The third-order valence-corrected chi connectivity index (χ3v) is 3.35. The van der Waals surface area contributed by atoms with Crippen LogP contribution in [0.15, 0.2) is 11.8 Å². The van der Waals surface area contributed by atoms with Crippen molar-refractivity contribution < 1.29 is 23.1 Å². The van der Waals surface area contributed by atoms with Crippen molar-refractivity contribution in [3.05, 3.63) is 11.8 Å². The number of hydrogen-bond acceptors (Lipinski definition) is 5. The van der Waals surface area contributed by atoms with Crippen LogP contribution in [0.5, 0.6) is 0 Å². The van der Waals surface area contributed by atoms with E-state index in [2.05, 4.69) is 5.09 Å². The molecular formula is C10H20NO5P. The monoisotopic (exact) mass is 265 g/mol. The van der Waals surface area contributed by atoms with Crippen molar-refractivity contribution in [3.8, 4) is 0 Å². The molecule has 1 N–H and O–H groups in total. The minimum atomic E-state index is -3.49. The Kier molecular flexibility index (Phi) is 7.87. The van der Waals surface area contributed by atoms with Gasteiger partial charge in [0.1, 0.15) is 5.70 Å². The minimum Gasteiger partial charge on any atom is -0.461 e. The molecule has 0 aromatic heterocycles. The van der Waals surface area contributed by atoms with Crippen molar-refractivity contribution >= 4 is 13.7 Å². The van der Waals surface area contributed by atoms with Crippen LogP contribution in [-0.2, 0) is 23.1 Å². The molecule has 0 spiro atoms. The van der Waals surface area contributed by atoms with Gasteiger partial charge in [-0.1, -0.05) is 6.08 Å². The van der Waals surface area contributed by atoms with Crippen molar-refractivity contribution in [1.29, 1.82) is 0 Å². The zero-order valence-electron chi connectivity index (χ0n) is 10.7. The SMILES string of the molecule is C/C=C(\NP(=O)(OCC)OCC)C(=O)OCC. The molecule has 0 aliphatic heterocycles. The zero-order valence-corrected chi connectivity index (χ0v) is 11.6. The molecule has 0 bridgehead atoms. The molecule has 0 radical (unpaired) electrons. The van der Waals surface area contributed by atoms with Gasteiger partial charge in [-0.2, -0.15) is 0 Å². The van der Waals surface area contributed by atoms with Crippen molar-refractivity contribution in [2.75, 3.05) is 19.8 Å². The van der Waals surface area contributed by atoms with E-state index in [-0.39, 0.29) is 25.5 Å². The molecule has 0 aliphatic carbocycles. The Bertz CT molecular complexity index is 306. The number of carbonyl (C=O) groups excluding carboxylic acids is 1. The molecule has 7 heteroatoms. The first kappa shape index (κ1) is 16.2. The molecule has 0 amide bonds. The third-order valence-electron chi connectivity index (χ3n) is 1.64. The fourth-order valence-electron chi connectivity index (χ4n) is 1.03. The summed E-state index contributed by atoms with van der Waals surface area (Å²) in [5, 5.41) is 2.46. The van der Waals surface area contributed by atoms with Crippen LogP contribution in [0.1, 0.15) is 27.7 Å². The molecule has 0 aromatic rings. The van der Waals surface area contributed by atoms with E-state index < -0.39 is 13.7 Å². The zero-order chi connectivity index (χ0) is 13.3. The minimum absolute atomic E-state index is 0.0667. The number of rotatable bonds is 8. The smallest absolute Gasteiger partial charge is 0.432 e. The first-order valence-electron chi connectivity index (χ1n) is 5.53. The second kappa shape index (κ2) is 8.28. The first-order chi connectivity index (χ1) is 8.02. The van der Waals surface area contributed by atoms with Gasteiger partial charge < -0.3 is 4.74 Å². The number of ether oxygens (including phenoxy) is 1. The standard InChI is InChI=1S/C10H20NO5P/c1-5-9(10(12)14-6-2)11-17(13,15-7-3)16-8-4/h5H,6-8H2,1-4H3,(H,11,13)/b9-5-. The quantitative estimate of drug-likeness (QED) is 0.412. The van der Waals surface area contributed by atoms with Crippen LogP contribution in [0.3, 0.4) is 0 Å². The van der Waals surface area contributed by atoms with Crippen LogP contribution in [0, 0.1) is 0 Å². The summed E-state index contributed by atoms with van der Waals surface area (Å²) in [6.07, 6.45) is 1.46. The first-order valence-corrected chi connectivity index (χ1v) is 7.08. The van der Waals surface area contributed by atoms with Crippen LogP contribution < -0.4 is 5.09 Å². The Morgan fingerprint density at radius 3 is 2.06 bits per heavy atom. The topological polar surface area (TPSA) is 73.9 Å². The van der Waals surface area contributed by atoms with E-state index in [1.54, 1.807) is 27.7 Å². The fourth-order valence-corrected chi connectivity index (χ4v) is 2.43. The molecule has 0 aromatic carbocycles. The largest absolute Gasteiger partial charge is 0.461 e. The molecule has 0 saturated heterocycles. The highest BCUT2D eigenvalue weighted by Crippen LogP contribution is 2.44. The van der Waals surface area contributed by atoms with Gasteiger partial charge in [-0.05, 0) is 27.7 Å². The predicted molar refractivity (Wildman–Crippen MR) is 64.4 cm³/mol. The lowest BCUT2D eigenvalue weighted by atomic mass is 10.4. The van der Waals surface area contributed by atoms with Gasteiger partial charge in [-0.15, -0.1) is 0 Å². The molecule has 0 fully saturated rings. The normalized spacial score (nSPS) is 12.4. The summed E-state index contributed by atoms with van der Waals surface area (Å²) in [5.74, 6) is -0.588. The molecule has 0 saturated carbocycles. The Labute approximate surface area is 102 Å². The van der Waals surface area contributed by atoms with Gasteiger partial charge in [-0.25, -0.2) is 9.36 Å². The van der Waals surface area contributed by atoms with E-state index in [1.165, 1.54) is 6.08 Å². The Balaban J connectivity index is 4.72. The van der Waals surface area contributed by atoms with Crippen molar-refractivity contribution in [2.45, 2.75) is 27.7 Å². The molecule has 0 aliphatic rings. The van der Waals surface area contributed by atoms with Crippen molar-refractivity contribution in [3.63, 3.8) is 0 Å². The summed E-state index contributed by atoms with van der Waals surface area (Å²) in [7, 11) is -3.49. The van der Waals surface area contributed by atoms with Gasteiger partial charge in [0.25, 0.3) is 0 Å². The van der Waals surface area contributed by atoms with Gasteiger partial charge in [0.05, 0.1) is 19.8 Å². The maximum Gasteiger partial charge on any atom is 0.432 e. The van der Waals surface area contributed by atoms with Crippen molar-refractivity contribution in [1.82, 2.24) is 5.09 Å². The summed E-state index contributed by atoms with van der Waals surface area (Å²) in [4.78, 5) is 11.5. The third kappa shape index (κ3) is 5.86. The summed E-state index contributed by atoms with van der Waals surface area (Å²) in [6.45, 7) is 7.36. The van der Waals surface area contributed by atoms with Crippen molar-refractivity contribution in [2.24, 2.45) is 0 Å². The van der Waals surface area contributed by atoms with Gasteiger partial charge in [0.2, 0.25) is 0 Å². The predicted octanol–water partition coefficient (Wildman–Crippen LogP) is 2.22. The van der Waals surface area contributed by atoms with E-state index in [0.29, 0.717) is 0 Å². The Hall–Kier alpha value is -0.840. The van der Waals surface area contributed by atoms with Gasteiger partial charge in [0, 0.05) is 0 Å². The lowest BCUT2D eigenvalue weighted by molar-refractivity contribution is -0.138. The second-order valence-corrected chi connectivity index (χ2v) is 4.60. The molecule has 0 atom stereocenters. The van der Waals surface area contributed by atoms with E-state index in [4.69, 9.17) is 13.8 Å². The van der Waals surface area contributed by atoms with E-state index in [0.717, 1.165) is 0 Å². The summed E-state index contributed by atoms with van der Waals surface area (Å²) < 4.78 is 26.9. The molecule has 100 valence electrons. The highest BCUT2D eigenvalue weighted by Gasteiger charge is 2.27. The average Bonchev–Trinajstić information content (AvgIpc) is 2.27. The average molecular weight is 265 g/mol. The lowest BCUT2D eigenvalue weighted by Crippen LogP contribution is -2.22. The molecule has 17 heavy (non-hydrogen) atoms. The number of allylic oxidation sites excluding steroid dienone is 1. The van der Waals surface area contributed by atoms with Crippen LogP contribution in [0.4, 0.5) is 0 Å². The molecule has 6 nitrogen and oxygen atoms in total. The lowest BCUT2D eigenvalue weighted by Gasteiger charge is -2.19. The summed E-state index contributed by atoms with van der Waals surface area (Å²) in [5.41, 5.74) is 0.0667. The van der Waals surface area contributed by atoms with E-state index >= 15 is 0 Å². The Morgan fingerprint density at radius 1 is 1.18 bits per heavy atom. The maximum absolute atomic E-state index is 12.1. The van der Waals surface area contributed by atoms with Crippen LogP contribution in [0.25, 0.3) is 0 Å². The highest BCUT2D eigenvalue weighted by atomic mass is 31.2. The second-order valence-electron chi connectivity index (χ2n) is 2.87. The number of esters is 1. The summed E-state index contributed by atoms with van der Waals surface area (Å²) >= 11 is 0. The molecule has 0 heterocycles. The van der Waals surface area contributed by atoms with E-state index in [9.17, 15) is 9.36 Å². The molecule has 0 unspecified atom stereocenters. The van der Waals surface area contributed by atoms with Crippen LogP contribution in [0.2, 0.25) is 0 Å². The number of nitrogens with one attached hydrogen (secondary N) is 1. The van der Waals surface area contributed by atoms with E-state index in [1.807, 2.05) is 0 Å². The van der Waals surface area contributed by atoms with Gasteiger partial charge in [-0.3, -0.25) is 14.1 Å². The summed E-state index contributed by atoms with van der Waals surface area (Å²) in [6, 6.07) is 0. The molecule has 0 rings (SSSR count). The highest BCUT2D eigenvalue weighted by molar-refractivity contribution is 7.51. The maximum atomic E-state index is 12.1. The van der Waals surface area contributed by atoms with Crippen LogP contribution in [-0.4, -0.2) is 25.8 Å². The molecular weight excluding hydrogens is 245 g/mol. The fraction of sp³-hybridized carbons (Fsp3) is 0.700. The Morgan fingerprint density at radius 2 is 1.71 bits per heavy atom. The van der Waals surface area contributed by atoms with Gasteiger partial charge in [0.15, 0.2) is 0 Å². The number of carbonyl (C=O) groups is 1. The van der Waals surface area contributed by atoms with Gasteiger partial charge >= 0.3 is 13.7 Å².